The highest BCUT2D eigenvalue weighted by Crippen LogP contribution is 2.20. The molecule has 0 aromatic carbocycles. The van der Waals surface area contributed by atoms with Gasteiger partial charge in [0.2, 0.25) is 0 Å². The second-order valence-corrected chi connectivity index (χ2v) is 4.94. The zero-order valence-corrected chi connectivity index (χ0v) is 11.5. The van der Waals surface area contributed by atoms with E-state index in [0.717, 1.165) is 30.3 Å². The van der Waals surface area contributed by atoms with Gasteiger partial charge in [-0.3, -0.25) is 4.90 Å². The summed E-state index contributed by atoms with van der Waals surface area (Å²) in [6.07, 6.45) is 2.56. The van der Waals surface area contributed by atoms with Crippen molar-refractivity contribution in [3.05, 3.63) is 11.4 Å². The van der Waals surface area contributed by atoms with Crippen molar-refractivity contribution in [3.63, 3.8) is 0 Å². The van der Waals surface area contributed by atoms with Gasteiger partial charge in [0.05, 0.1) is 0 Å². The van der Waals surface area contributed by atoms with Crippen LogP contribution in [0.4, 0.5) is 11.6 Å². The molecule has 0 radical (unpaired) electrons. The van der Waals surface area contributed by atoms with Gasteiger partial charge in [-0.1, -0.05) is 6.92 Å². The summed E-state index contributed by atoms with van der Waals surface area (Å²) in [5.41, 5.74) is 6.80. The molecule has 2 heterocycles. The van der Waals surface area contributed by atoms with Gasteiger partial charge in [-0.2, -0.15) is 0 Å². The number of hydrogen-bond acceptors (Lipinski definition) is 5. The monoisotopic (exact) mass is 249 g/mol. The lowest BCUT2D eigenvalue weighted by Gasteiger charge is -2.23. The van der Waals surface area contributed by atoms with Crippen LogP contribution in [-0.4, -0.2) is 40.5 Å². The third-order valence-corrected chi connectivity index (χ3v) is 3.71. The molecule has 0 aliphatic carbocycles. The van der Waals surface area contributed by atoms with Crippen molar-refractivity contribution in [1.82, 2.24) is 14.9 Å². The molecule has 1 aliphatic rings. The minimum absolute atomic E-state index is 0.573. The number of nitrogens with zero attached hydrogens (tertiary/aromatic N) is 3. The number of nitrogens with one attached hydrogen (secondary N) is 1. The summed E-state index contributed by atoms with van der Waals surface area (Å²) in [7, 11) is 0. The molecule has 0 bridgehead atoms. The Hall–Kier alpha value is -1.36. The standard InChI is InChI=1S/C13H23N5/c1-4-18-7-5-6-11(18)8-15-13-9(2)12(14)16-10(3)17-13/h11H,4-8H2,1-3H3,(H3,14,15,16,17). The molecule has 100 valence electrons. The minimum Gasteiger partial charge on any atom is -0.383 e. The maximum atomic E-state index is 5.86. The summed E-state index contributed by atoms with van der Waals surface area (Å²) in [6, 6.07) is 0.617. The van der Waals surface area contributed by atoms with E-state index in [1.54, 1.807) is 0 Å². The summed E-state index contributed by atoms with van der Waals surface area (Å²) in [4.78, 5) is 11.1. The van der Waals surface area contributed by atoms with Crippen LogP contribution in [0.3, 0.4) is 0 Å². The van der Waals surface area contributed by atoms with Gasteiger partial charge < -0.3 is 11.1 Å². The summed E-state index contributed by atoms with van der Waals surface area (Å²) in [6.45, 7) is 9.32. The predicted molar refractivity (Wildman–Crippen MR) is 74.7 cm³/mol. The van der Waals surface area contributed by atoms with Crippen LogP contribution in [0.1, 0.15) is 31.2 Å². The molecular weight excluding hydrogens is 226 g/mol. The topological polar surface area (TPSA) is 67.1 Å². The third-order valence-electron chi connectivity index (χ3n) is 3.71. The lowest BCUT2D eigenvalue weighted by atomic mass is 10.2. The Labute approximate surface area is 109 Å². The fourth-order valence-electron chi connectivity index (χ4n) is 2.58. The van der Waals surface area contributed by atoms with Gasteiger partial charge in [0.1, 0.15) is 17.5 Å². The number of aromatic nitrogens is 2. The Balaban J connectivity index is 2.02. The van der Waals surface area contributed by atoms with E-state index in [1.807, 2.05) is 13.8 Å². The van der Waals surface area contributed by atoms with E-state index in [1.165, 1.54) is 19.4 Å². The first-order valence-electron chi connectivity index (χ1n) is 6.70. The Kier molecular flexibility index (Phi) is 4.01. The number of nitrogens with two attached hydrogens (primary N) is 1. The van der Waals surface area contributed by atoms with Crippen molar-refractivity contribution >= 4 is 11.6 Å². The third kappa shape index (κ3) is 2.72. The maximum absolute atomic E-state index is 5.86. The molecule has 1 fully saturated rings. The van der Waals surface area contributed by atoms with E-state index in [-0.39, 0.29) is 0 Å². The number of hydrogen-bond donors (Lipinski definition) is 2. The highest BCUT2D eigenvalue weighted by Gasteiger charge is 2.22. The van der Waals surface area contributed by atoms with Crippen LogP contribution in [0.5, 0.6) is 0 Å². The van der Waals surface area contributed by atoms with E-state index in [4.69, 9.17) is 5.73 Å². The highest BCUT2D eigenvalue weighted by atomic mass is 15.2. The fourth-order valence-corrected chi connectivity index (χ4v) is 2.58. The normalized spacial score (nSPS) is 20.3. The number of rotatable bonds is 4. The molecule has 18 heavy (non-hydrogen) atoms. The first-order valence-corrected chi connectivity index (χ1v) is 6.70. The molecule has 5 nitrogen and oxygen atoms in total. The van der Waals surface area contributed by atoms with Crippen molar-refractivity contribution in [2.45, 2.75) is 39.7 Å². The second kappa shape index (κ2) is 5.52. The van der Waals surface area contributed by atoms with Crippen LogP contribution in [0.15, 0.2) is 0 Å². The molecule has 5 heteroatoms. The van der Waals surface area contributed by atoms with Gasteiger partial charge in [0, 0.05) is 18.2 Å². The van der Waals surface area contributed by atoms with Crippen LogP contribution in [0.2, 0.25) is 0 Å². The summed E-state index contributed by atoms with van der Waals surface area (Å²) < 4.78 is 0. The van der Waals surface area contributed by atoms with Gasteiger partial charge in [-0.05, 0) is 39.8 Å². The number of aryl methyl sites for hydroxylation is 1. The lowest BCUT2D eigenvalue weighted by molar-refractivity contribution is 0.277. The van der Waals surface area contributed by atoms with Gasteiger partial charge in [0.25, 0.3) is 0 Å². The Morgan fingerprint density at radius 1 is 1.39 bits per heavy atom. The molecular formula is C13H23N5. The smallest absolute Gasteiger partial charge is 0.134 e. The molecule has 1 aromatic rings. The zero-order valence-electron chi connectivity index (χ0n) is 11.5. The number of anilines is 2. The number of nitrogen functional groups attached to an aromatic ring is 1. The molecule has 0 spiro atoms. The Morgan fingerprint density at radius 2 is 2.17 bits per heavy atom. The molecule has 1 aromatic heterocycles. The highest BCUT2D eigenvalue weighted by molar-refractivity contribution is 5.54. The Bertz CT molecular complexity index is 418. The molecule has 3 N–H and O–H groups in total. The summed E-state index contributed by atoms with van der Waals surface area (Å²) >= 11 is 0. The van der Waals surface area contributed by atoms with Gasteiger partial charge >= 0.3 is 0 Å². The Morgan fingerprint density at radius 3 is 2.89 bits per heavy atom. The van der Waals surface area contributed by atoms with Crippen LogP contribution >= 0.6 is 0 Å². The van der Waals surface area contributed by atoms with Crippen LogP contribution in [-0.2, 0) is 0 Å². The van der Waals surface area contributed by atoms with Crippen LogP contribution < -0.4 is 11.1 Å². The minimum atomic E-state index is 0.573. The molecule has 0 amide bonds. The first-order chi connectivity index (χ1) is 8.61. The van der Waals surface area contributed by atoms with E-state index in [0.29, 0.717) is 11.9 Å². The average molecular weight is 249 g/mol. The SMILES string of the molecule is CCN1CCCC1CNc1nc(C)nc(N)c1C. The number of likely N-dealkylation sites (N-methyl/N-ethyl adjacent to an activating group) is 1. The largest absolute Gasteiger partial charge is 0.383 e. The van der Waals surface area contributed by atoms with E-state index >= 15 is 0 Å². The van der Waals surface area contributed by atoms with Crippen molar-refractivity contribution < 1.29 is 0 Å². The van der Waals surface area contributed by atoms with Gasteiger partial charge in [-0.15, -0.1) is 0 Å². The maximum Gasteiger partial charge on any atom is 0.134 e. The number of likely N-dealkylation sites (tertiary alicyclic amines) is 1. The van der Waals surface area contributed by atoms with Crippen molar-refractivity contribution in [2.75, 3.05) is 30.7 Å². The van der Waals surface area contributed by atoms with Gasteiger partial charge in [-0.25, -0.2) is 9.97 Å². The zero-order chi connectivity index (χ0) is 13.1. The van der Waals surface area contributed by atoms with E-state index in [2.05, 4.69) is 27.1 Å². The molecule has 0 saturated carbocycles. The molecule has 1 unspecified atom stereocenters. The average Bonchev–Trinajstić information content (AvgIpc) is 2.79. The molecule has 2 rings (SSSR count). The lowest BCUT2D eigenvalue weighted by Crippen LogP contribution is -2.35. The van der Waals surface area contributed by atoms with Crippen LogP contribution in [0.25, 0.3) is 0 Å². The fraction of sp³-hybridized carbons (Fsp3) is 0.692. The van der Waals surface area contributed by atoms with E-state index < -0.39 is 0 Å². The van der Waals surface area contributed by atoms with E-state index in [9.17, 15) is 0 Å². The summed E-state index contributed by atoms with van der Waals surface area (Å²) in [5, 5.41) is 3.43. The van der Waals surface area contributed by atoms with Crippen molar-refractivity contribution in [3.8, 4) is 0 Å². The summed E-state index contributed by atoms with van der Waals surface area (Å²) in [5.74, 6) is 2.17. The second-order valence-electron chi connectivity index (χ2n) is 4.94. The van der Waals surface area contributed by atoms with Crippen molar-refractivity contribution in [1.29, 1.82) is 0 Å². The quantitative estimate of drug-likeness (QED) is 0.848. The molecule has 1 atom stereocenters. The predicted octanol–water partition coefficient (Wildman–Crippen LogP) is 1.57. The molecule has 1 saturated heterocycles. The first kappa shape index (κ1) is 13.1. The van der Waals surface area contributed by atoms with Crippen LogP contribution in [0, 0.1) is 13.8 Å². The van der Waals surface area contributed by atoms with Gasteiger partial charge in [0.15, 0.2) is 0 Å². The molecule has 1 aliphatic heterocycles. The van der Waals surface area contributed by atoms with Crippen molar-refractivity contribution in [2.24, 2.45) is 0 Å².